The molecular formula is C21H18FN3. The van der Waals surface area contributed by atoms with Gasteiger partial charge >= 0.3 is 0 Å². The van der Waals surface area contributed by atoms with Crippen LogP contribution >= 0.6 is 0 Å². The lowest BCUT2D eigenvalue weighted by atomic mass is 9.99. The number of hydrogen-bond donors (Lipinski definition) is 2. The van der Waals surface area contributed by atoms with Crippen molar-refractivity contribution in [2.75, 3.05) is 5.32 Å². The van der Waals surface area contributed by atoms with Gasteiger partial charge in [0.1, 0.15) is 5.82 Å². The number of anilines is 1. The van der Waals surface area contributed by atoms with Crippen LogP contribution in [-0.4, -0.2) is 9.97 Å². The average Bonchev–Trinajstić information content (AvgIpc) is 2.98. The molecule has 124 valence electrons. The van der Waals surface area contributed by atoms with Crippen molar-refractivity contribution >= 4 is 16.6 Å². The Labute approximate surface area is 145 Å². The Morgan fingerprint density at radius 2 is 1.72 bits per heavy atom. The molecule has 0 aliphatic carbocycles. The van der Waals surface area contributed by atoms with Gasteiger partial charge in [0, 0.05) is 34.0 Å². The quantitative estimate of drug-likeness (QED) is 0.539. The minimum Gasteiger partial charge on any atom is -0.373 e. The zero-order valence-corrected chi connectivity index (χ0v) is 13.8. The van der Waals surface area contributed by atoms with E-state index in [0.717, 1.165) is 33.5 Å². The molecule has 0 saturated heterocycles. The van der Waals surface area contributed by atoms with Crippen LogP contribution in [0.4, 0.5) is 10.1 Å². The highest BCUT2D eigenvalue weighted by Crippen LogP contribution is 2.33. The van der Waals surface area contributed by atoms with Gasteiger partial charge in [0.15, 0.2) is 0 Å². The molecule has 0 aliphatic rings. The van der Waals surface area contributed by atoms with E-state index >= 15 is 0 Å². The Bertz CT molecular complexity index is 991. The molecule has 0 unspecified atom stereocenters. The van der Waals surface area contributed by atoms with Crippen LogP contribution in [0.2, 0.25) is 0 Å². The van der Waals surface area contributed by atoms with Crippen molar-refractivity contribution in [3.8, 4) is 0 Å². The van der Waals surface area contributed by atoms with E-state index in [9.17, 15) is 4.39 Å². The molecule has 0 saturated carbocycles. The lowest BCUT2D eigenvalue weighted by Crippen LogP contribution is -2.14. The van der Waals surface area contributed by atoms with E-state index in [-0.39, 0.29) is 11.9 Å². The SMILES string of the molecule is Cc1[nH]c2ccccc2c1[C@@H](Nc1ccc(F)cc1)c1ccccn1. The van der Waals surface area contributed by atoms with Gasteiger partial charge in [-0.3, -0.25) is 4.98 Å². The van der Waals surface area contributed by atoms with Gasteiger partial charge in [-0.25, -0.2) is 4.39 Å². The van der Waals surface area contributed by atoms with Crippen LogP contribution in [0.25, 0.3) is 10.9 Å². The van der Waals surface area contributed by atoms with E-state index < -0.39 is 0 Å². The molecule has 0 radical (unpaired) electrons. The number of hydrogen-bond acceptors (Lipinski definition) is 2. The summed E-state index contributed by atoms with van der Waals surface area (Å²) in [5.74, 6) is -0.247. The molecule has 0 bridgehead atoms. The van der Waals surface area contributed by atoms with E-state index in [1.165, 1.54) is 12.1 Å². The first-order valence-corrected chi connectivity index (χ1v) is 8.22. The molecule has 4 heteroatoms. The summed E-state index contributed by atoms with van der Waals surface area (Å²) in [6, 6.07) is 20.4. The highest BCUT2D eigenvalue weighted by atomic mass is 19.1. The summed E-state index contributed by atoms with van der Waals surface area (Å²) in [5, 5.41) is 4.67. The van der Waals surface area contributed by atoms with E-state index in [0.29, 0.717) is 0 Å². The first-order valence-electron chi connectivity index (χ1n) is 8.22. The third-order valence-corrected chi connectivity index (χ3v) is 4.37. The number of aryl methyl sites for hydroxylation is 1. The monoisotopic (exact) mass is 331 g/mol. The molecule has 25 heavy (non-hydrogen) atoms. The molecule has 0 aliphatic heterocycles. The van der Waals surface area contributed by atoms with Gasteiger partial charge in [0.25, 0.3) is 0 Å². The van der Waals surface area contributed by atoms with Gasteiger partial charge in [-0.05, 0) is 49.4 Å². The largest absolute Gasteiger partial charge is 0.373 e. The number of aromatic nitrogens is 2. The summed E-state index contributed by atoms with van der Waals surface area (Å²) in [6.45, 7) is 2.07. The zero-order valence-electron chi connectivity index (χ0n) is 13.8. The second-order valence-corrected chi connectivity index (χ2v) is 6.05. The number of halogens is 1. The third kappa shape index (κ3) is 2.98. The molecule has 3 nitrogen and oxygen atoms in total. The maximum atomic E-state index is 13.2. The zero-order chi connectivity index (χ0) is 17.2. The second-order valence-electron chi connectivity index (χ2n) is 6.05. The molecule has 4 aromatic rings. The van der Waals surface area contributed by atoms with Gasteiger partial charge < -0.3 is 10.3 Å². The highest BCUT2D eigenvalue weighted by molar-refractivity contribution is 5.86. The minimum absolute atomic E-state index is 0.136. The van der Waals surface area contributed by atoms with Crippen molar-refractivity contribution in [2.45, 2.75) is 13.0 Å². The Hall–Kier alpha value is -3.14. The van der Waals surface area contributed by atoms with Crippen LogP contribution in [0.5, 0.6) is 0 Å². The van der Waals surface area contributed by atoms with E-state index in [4.69, 9.17) is 0 Å². The predicted molar refractivity (Wildman–Crippen MR) is 99.1 cm³/mol. The van der Waals surface area contributed by atoms with Crippen molar-refractivity contribution in [1.82, 2.24) is 9.97 Å². The fraction of sp³-hybridized carbons (Fsp3) is 0.0952. The Balaban J connectivity index is 1.85. The first-order chi connectivity index (χ1) is 12.2. The predicted octanol–water partition coefficient (Wildman–Crippen LogP) is 5.21. The Morgan fingerprint density at radius 3 is 2.48 bits per heavy atom. The topological polar surface area (TPSA) is 40.7 Å². The molecule has 0 fully saturated rings. The van der Waals surface area contributed by atoms with Gasteiger partial charge in [0.2, 0.25) is 0 Å². The van der Waals surface area contributed by atoms with Crippen molar-refractivity contribution in [1.29, 1.82) is 0 Å². The summed E-state index contributed by atoms with van der Waals surface area (Å²) in [5.41, 5.74) is 5.10. The molecule has 0 amide bonds. The summed E-state index contributed by atoms with van der Waals surface area (Å²) in [4.78, 5) is 7.99. The maximum absolute atomic E-state index is 13.2. The van der Waals surface area contributed by atoms with Gasteiger partial charge in [-0.15, -0.1) is 0 Å². The van der Waals surface area contributed by atoms with Crippen LogP contribution in [-0.2, 0) is 0 Å². The van der Waals surface area contributed by atoms with Crippen LogP contribution in [0.1, 0.15) is 23.0 Å². The van der Waals surface area contributed by atoms with E-state index in [2.05, 4.69) is 34.3 Å². The second kappa shape index (κ2) is 6.40. The molecule has 0 spiro atoms. The van der Waals surface area contributed by atoms with Crippen molar-refractivity contribution in [3.05, 3.63) is 95.7 Å². The number of aromatic amines is 1. The molecule has 4 rings (SSSR count). The average molecular weight is 331 g/mol. The third-order valence-electron chi connectivity index (χ3n) is 4.37. The van der Waals surface area contributed by atoms with Crippen LogP contribution in [0.15, 0.2) is 72.9 Å². The highest BCUT2D eigenvalue weighted by Gasteiger charge is 2.21. The standard InChI is InChI=1S/C21H18FN3/c1-14-20(17-6-2-3-7-18(17)24-14)21(19-8-4-5-13-23-19)25-16-11-9-15(22)10-12-16/h2-13,21,24-25H,1H3/t21-/m0/s1. The Kier molecular flexibility index (Phi) is 3.94. The normalized spacial score (nSPS) is 12.2. The molecule has 1 atom stereocenters. The van der Waals surface area contributed by atoms with Crippen LogP contribution in [0.3, 0.4) is 0 Å². The lowest BCUT2D eigenvalue weighted by Gasteiger charge is -2.20. The Morgan fingerprint density at radius 1 is 0.960 bits per heavy atom. The van der Waals surface area contributed by atoms with E-state index in [1.807, 2.05) is 30.3 Å². The number of pyridine rings is 1. The van der Waals surface area contributed by atoms with Crippen LogP contribution in [0, 0.1) is 12.7 Å². The van der Waals surface area contributed by atoms with Crippen LogP contribution < -0.4 is 5.32 Å². The summed E-state index contributed by atoms with van der Waals surface area (Å²) in [7, 11) is 0. The molecule has 2 aromatic heterocycles. The number of para-hydroxylation sites is 1. The number of H-pyrrole nitrogens is 1. The maximum Gasteiger partial charge on any atom is 0.123 e. The first kappa shape index (κ1) is 15.4. The summed E-state index contributed by atoms with van der Waals surface area (Å²) >= 11 is 0. The number of nitrogens with one attached hydrogen (secondary N) is 2. The number of fused-ring (bicyclic) bond motifs is 1. The van der Waals surface area contributed by atoms with Gasteiger partial charge in [-0.2, -0.15) is 0 Å². The molecule has 2 heterocycles. The van der Waals surface area contributed by atoms with Crippen molar-refractivity contribution in [2.24, 2.45) is 0 Å². The summed E-state index contributed by atoms with van der Waals surface area (Å²) in [6.07, 6.45) is 1.79. The number of rotatable bonds is 4. The number of benzene rings is 2. The minimum atomic E-state index is -0.247. The van der Waals surface area contributed by atoms with Gasteiger partial charge in [-0.1, -0.05) is 24.3 Å². The molecule has 2 aromatic carbocycles. The van der Waals surface area contributed by atoms with Crippen molar-refractivity contribution in [3.63, 3.8) is 0 Å². The number of nitrogens with zero attached hydrogens (tertiary/aromatic N) is 1. The fourth-order valence-corrected chi connectivity index (χ4v) is 3.22. The van der Waals surface area contributed by atoms with Crippen molar-refractivity contribution < 1.29 is 4.39 Å². The van der Waals surface area contributed by atoms with E-state index in [1.54, 1.807) is 18.3 Å². The molecular weight excluding hydrogens is 313 g/mol. The fourth-order valence-electron chi connectivity index (χ4n) is 3.22. The summed E-state index contributed by atoms with van der Waals surface area (Å²) < 4.78 is 13.2. The lowest BCUT2D eigenvalue weighted by molar-refractivity contribution is 0.628. The smallest absolute Gasteiger partial charge is 0.123 e. The van der Waals surface area contributed by atoms with Gasteiger partial charge in [0.05, 0.1) is 11.7 Å². The molecule has 2 N–H and O–H groups in total.